The van der Waals surface area contributed by atoms with Gasteiger partial charge < -0.3 is 15.1 Å². The molecule has 0 aliphatic heterocycles. The normalized spacial score (nSPS) is 11.7. The molecule has 0 atom stereocenters. The number of hydrogen-bond donors (Lipinski definition) is 2. The molecule has 27 heavy (non-hydrogen) atoms. The number of benzene rings is 1. The Morgan fingerprint density at radius 1 is 1.04 bits per heavy atom. The van der Waals surface area contributed by atoms with Crippen molar-refractivity contribution in [3.63, 3.8) is 0 Å². The smallest absolute Gasteiger partial charge is 0.191 e. The van der Waals surface area contributed by atoms with E-state index in [0.717, 1.165) is 37.9 Å². The molecule has 0 bridgehead atoms. The van der Waals surface area contributed by atoms with Gasteiger partial charge in [-0.05, 0) is 52.7 Å². The van der Waals surface area contributed by atoms with Crippen LogP contribution in [0.5, 0.6) is 0 Å². The molecular weight excluding hydrogens is 356 g/mol. The monoisotopic (exact) mass is 382 g/mol. The lowest BCUT2D eigenvalue weighted by Gasteiger charge is -2.19. The van der Waals surface area contributed by atoms with E-state index in [1.165, 1.54) is 16.7 Å². The highest BCUT2D eigenvalue weighted by atomic mass is 32.1. The van der Waals surface area contributed by atoms with Crippen molar-refractivity contribution in [2.75, 3.05) is 14.1 Å². The summed E-state index contributed by atoms with van der Waals surface area (Å²) in [6.45, 7) is 3.16. The van der Waals surface area contributed by atoms with Gasteiger partial charge in [-0.15, -0.1) is 0 Å². The lowest BCUT2D eigenvalue weighted by molar-refractivity contribution is 0.287. The summed E-state index contributed by atoms with van der Waals surface area (Å²) in [6.07, 6.45) is 1.72. The molecule has 0 spiro atoms. The Morgan fingerprint density at radius 2 is 1.85 bits per heavy atom. The average Bonchev–Trinajstić information content (AvgIpc) is 3.37. The molecule has 0 saturated heterocycles. The van der Waals surface area contributed by atoms with Crippen molar-refractivity contribution in [1.29, 1.82) is 0 Å². The van der Waals surface area contributed by atoms with Crippen molar-refractivity contribution in [2.24, 2.45) is 4.99 Å². The van der Waals surface area contributed by atoms with Gasteiger partial charge in [0.15, 0.2) is 5.96 Å². The van der Waals surface area contributed by atoms with Crippen LogP contribution in [0.25, 0.3) is 0 Å². The summed E-state index contributed by atoms with van der Waals surface area (Å²) in [5, 5.41) is 11.0. The second-order valence-corrected chi connectivity index (χ2v) is 7.21. The number of hydrogen-bond acceptors (Lipinski definition) is 4. The van der Waals surface area contributed by atoms with E-state index in [-0.39, 0.29) is 0 Å². The Balaban J connectivity index is 1.54. The number of thiophene rings is 1. The third kappa shape index (κ3) is 5.98. The molecule has 0 aliphatic carbocycles. The Morgan fingerprint density at radius 3 is 2.56 bits per heavy atom. The van der Waals surface area contributed by atoms with Crippen LogP contribution in [0.2, 0.25) is 0 Å². The first-order valence-electron chi connectivity index (χ1n) is 8.98. The summed E-state index contributed by atoms with van der Waals surface area (Å²) < 4.78 is 5.45. The van der Waals surface area contributed by atoms with Crippen LogP contribution in [0.3, 0.4) is 0 Å². The fourth-order valence-corrected chi connectivity index (χ4v) is 3.55. The lowest BCUT2D eigenvalue weighted by atomic mass is 10.1. The van der Waals surface area contributed by atoms with Gasteiger partial charge in [-0.1, -0.05) is 24.3 Å². The molecule has 142 valence electrons. The van der Waals surface area contributed by atoms with Gasteiger partial charge in [-0.3, -0.25) is 9.89 Å². The molecule has 2 N–H and O–H groups in total. The Hall–Kier alpha value is -2.57. The molecule has 1 aromatic carbocycles. The van der Waals surface area contributed by atoms with Crippen molar-refractivity contribution in [1.82, 2.24) is 15.5 Å². The predicted octanol–water partition coefficient (Wildman–Crippen LogP) is 3.84. The van der Waals surface area contributed by atoms with Crippen molar-refractivity contribution < 1.29 is 4.42 Å². The fourth-order valence-electron chi connectivity index (χ4n) is 2.88. The van der Waals surface area contributed by atoms with Gasteiger partial charge in [-0.25, -0.2) is 0 Å². The summed E-state index contributed by atoms with van der Waals surface area (Å²) in [5.74, 6) is 1.78. The van der Waals surface area contributed by atoms with Crippen LogP contribution in [0.15, 0.2) is 68.9 Å². The van der Waals surface area contributed by atoms with E-state index in [2.05, 4.69) is 68.7 Å². The van der Waals surface area contributed by atoms with Crippen LogP contribution in [0, 0.1) is 0 Å². The van der Waals surface area contributed by atoms with E-state index >= 15 is 0 Å². The molecule has 0 amide bonds. The minimum Gasteiger partial charge on any atom is -0.468 e. The van der Waals surface area contributed by atoms with E-state index in [1.807, 2.05) is 12.1 Å². The van der Waals surface area contributed by atoms with Gasteiger partial charge in [0.05, 0.1) is 12.8 Å². The first kappa shape index (κ1) is 19.2. The topological polar surface area (TPSA) is 52.8 Å². The van der Waals surface area contributed by atoms with E-state index < -0.39 is 0 Å². The first-order chi connectivity index (χ1) is 13.2. The number of nitrogens with one attached hydrogen (secondary N) is 2. The molecule has 6 heteroatoms. The highest BCUT2D eigenvalue weighted by Gasteiger charge is 2.08. The molecule has 2 heterocycles. The number of rotatable bonds is 8. The lowest BCUT2D eigenvalue weighted by Crippen LogP contribution is -2.36. The highest BCUT2D eigenvalue weighted by Crippen LogP contribution is 2.13. The quantitative estimate of drug-likeness (QED) is 0.459. The maximum Gasteiger partial charge on any atom is 0.191 e. The minimum atomic E-state index is 0.730. The van der Waals surface area contributed by atoms with Gasteiger partial charge in [-0.2, -0.15) is 11.3 Å². The van der Waals surface area contributed by atoms with E-state index in [4.69, 9.17) is 4.42 Å². The van der Waals surface area contributed by atoms with Crippen LogP contribution >= 0.6 is 11.3 Å². The largest absolute Gasteiger partial charge is 0.468 e. The Labute approximate surface area is 164 Å². The molecule has 3 aromatic rings. The van der Waals surface area contributed by atoms with Gasteiger partial charge in [0.2, 0.25) is 0 Å². The van der Waals surface area contributed by atoms with E-state index in [0.29, 0.717) is 0 Å². The second kappa shape index (κ2) is 9.94. The third-order valence-electron chi connectivity index (χ3n) is 4.27. The average molecular weight is 383 g/mol. The maximum absolute atomic E-state index is 5.45. The van der Waals surface area contributed by atoms with Gasteiger partial charge in [0, 0.05) is 26.7 Å². The van der Waals surface area contributed by atoms with Crippen LogP contribution in [-0.2, 0) is 26.2 Å². The Bertz CT molecular complexity index is 828. The number of aliphatic imine (C=N–C) groups is 1. The summed E-state index contributed by atoms with van der Waals surface area (Å²) in [5.41, 5.74) is 3.83. The van der Waals surface area contributed by atoms with Crippen LogP contribution < -0.4 is 10.6 Å². The summed E-state index contributed by atoms with van der Waals surface area (Å²) in [4.78, 5) is 6.57. The number of guanidine groups is 1. The first-order valence-corrected chi connectivity index (χ1v) is 9.92. The molecule has 0 radical (unpaired) electrons. The summed E-state index contributed by atoms with van der Waals surface area (Å²) in [6, 6.07) is 14.6. The molecule has 0 fully saturated rings. The zero-order valence-electron chi connectivity index (χ0n) is 15.8. The minimum absolute atomic E-state index is 0.730. The van der Waals surface area contributed by atoms with Gasteiger partial charge in [0.1, 0.15) is 5.76 Å². The predicted molar refractivity (Wildman–Crippen MR) is 112 cm³/mol. The van der Waals surface area contributed by atoms with Gasteiger partial charge in [0.25, 0.3) is 0 Å². The van der Waals surface area contributed by atoms with Crippen molar-refractivity contribution in [3.8, 4) is 0 Å². The zero-order chi connectivity index (χ0) is 18.9. The summed E-state index contributed by atoms with van der Waals surface area (Å²) in [7, 11) is 3.90. The SMILES string of the molecule is CN=C(NCc1ccsc1)NCc1ccccc1CN(C)Cc1ccco1. The van der Waals surface area contributed by atoms with Crippen LogP contribution in [0.4, 0.5) is 0 Å². The van der Waals surface area contributed by atoms with Crippen molar-refractivity contribution in [3.05, 3.63) is 81.9 Å². The molecule has 3 rings (SSSR count). The maximum atomic E-state index is 5.45. The zero-order valence-corrected chi connectivity index (χ0v) is 16.6. The molecule has 0 unspecified atom stereocenters. The molecule has 0 aliphatic rings. The van der Waals surface area contributed by atoms with Gasteiger partial charge >= 0.3 is 0 Å². The molecule has 0 saturated carbocycles. The molecular formula is C21H26N4OS. The van der Waals surface area contributed by atoms with Crippen molar-refractivity contribution in [2.45, 2.75) is 26.2 Å². The molecule has 2 aromatic heterocycles. The van der Waals surface area contributed by atoms with Crippen molar-refractivity contribution >= 4 is 17.3 Å². The molecule has 5 nitrogen and oxygen atoms in total. The summed E-state index contributed by atoms with van der Waals surface area (Å²) >= 11 is 1.71. The highest BCUT2D eigenvalue weighted by molar-refractivity contribution is 7.07. The standard InChI is InChI=1S/C21H26N4OS/c1-22-21(23-12-17-9-11-27-16-17)24-13-18-6-3-4-7-19(18)14-25(2)15-20-8-5-10-26-20/h3-11,16H,12-15H2,1-2H3,(H2,22,23,24). The Kier molecular flexibility index (Phi) is 7.07. The number of nitrogens with zero attached hydrogens (tertiary/aromatic N) is 2. The second-order valence-electron chi connectivity index (χ2n) is 6.43. The van der Waals surface area contributed by atoms with E-state index in [9.17, 15) is 0 Å². The van der Waals surface area contributed by atoms with Crippen LogP contribution in [-0.4, -0.2) is 25.0 Å². The number of furan rings is 1. The third-order valence-corrected chi connectivity index (χ3v) is 5.01. The fraction of sp³-hybridized carbons (Fsp3) is 0.286. The van der Waals surface area contributed by atoms with E-state index in [1.54, 1.807) is 24.6 Å². The van der Waals surface area contributed by atoms with Crippen LogP contribution in [0.1, 0.15) is 22.5 Å².